The molecule has 1 atom stereocenters. The zero-order valence-corrected chi connectivity index (χ0v) is 11.0. The summed E-state index contributed by atoms with van der Waals surface area (Å²) < 4.78 is 4.95. The first-order chi connectivity index (χ1) is 7.24. The Morgan fingerprint density at radius 2 is 2.25 bits per heavy atom. The van der Waals surface area contributed by atoms with E-state index in [1.54, 1.807) is 7.11 Å². The SMILES string of the molecule is COCCCCC(=O)N1CCNC(C)C1.Cl. The van der Waals surface area contributed by atoms with E-state index < -0.39 is 0 Å². The molecule has 96 valence electrons. The van der Waals surface area contributed by atoms with Gasteiger partial charge in [0.25, 0.3) is 0 Å². The van der Waals surface area contributed by atoms with Gasteiger partial charge in [-0.15, -0.1) is 12.4 Å². The Labute approximate surface area is 104 Å². The first-order valence-corrected chi connectivity index (χ1v) is 5.74. The molecule has 0 aromatic rings. The summed E-state index contributed by atoms with van der Waals surface area (Å²) in [6, 6.07) is 0.432. The molecule has 0 bridgehead atoms. The molecule has 0 spiro atoms. The van der Waals surface area contributed by atoms with Crippen LogP contribution in [-0.4, -0.2) is 50.2 Å². The molecule has 4 nitrogen and oxygen atoms in total. The van der Waals surface area contributed by atoms with Crippen LogP contribution < -0.4 is 5.32 Å². The molecule has 1 aliphatic rings. The highest BCUT2D eigenvalue weighted by Crippen LogP contribution is 2.04. The Balaban J connectivity index is 0.00000225. The maximum absolute atomic E-state index is 11.8. The fourth-order valence-electron chi connectivity index (χ4n) is 1.84. The number of halogens is 1. The summed E-state index contributed by atoms with van der Waals surface area (Å²) in [5, 5.41) is 3.33. The van der Waals surface area contributed by atoms with Gasteiger partial charge in [-0.25, -0.2) is 0 Å². The van der Waals surface area contributed by atoms with Crippen LogP contribution in [0.3, 0.4) is 0 Å². The molecule has 0 aromatic carbocycles. The van der Waals surface area contributed by atoms with Crippen molar-refractivity contribution in [3.05, 3.63) is 0 Å². The summed E-state index contributed by atoms with van der Waals surface area (Å²) in [5.74, 6) is 0.291. The van der Waals surface area contributed by atoms with Crippen LogP contribution in [0.25, 0.3) is 0 Å². The molecule has 1 aliphatic heterocycles. The number of amides is 1. The predicted molar refractivity (Wildman–Crippen MR) is 67.0 cm³/mol. The molecule has 1 unspecified atom stereocenters. The van der Waals surface area contributed by atoms with Crippen molar-refractivity contribution >= 4 is 18.3 Å². The van der Waals surface area contributed by atoms with Crippen molar-refractivity contribution in [1.29, 1.82) is 0 Å². The van der Waals surface area contributed by atoms with E-state index in [-0.39, 0.29) is 12.4 Å². The van der Waals surface area contributed by atoms with Crippen molar-refractivity contribution in [3.8, 4) is 0 Å². The summed E-state index contributed by atoms with van der Waals surface area (Å²) in [6.45, 7) is 5.50. The molecule has 1 saturated heterocycles. The second kappa shape index (κ2) is 8.79. The van der Waals surface area contributed by atoms with E-state index in [1.165, 1.54) is 0 Å². The molecule has 1 N–H and O–H groups in total. The van der Waals surface area contributed by atoms with Gasteiger partial charge in [0.15, 0.2) is 0 Å². The van der Waals surface area contributed by atoms with Gasteiger partial charge in [-0.2, -0.15) is 0 Å². The van der Waals surface area contributed by atoms with Crippen molar-refractivity contribution < 1.29 is 9.53 Å². The number of nitrogens with one attached hydrogen (secondary N) is 1. The maximum Gasteiger partial charge on any atom is 0.222 e. The van der Waals surface area contributed by atoms with Crippen molar-refractivity contribution in [2.45, 2.75) is 32.2 Å². The first kappa shape index (κ1) is 15.7. The third-order valence-electron chi connectivity index (χ3n) is 2.71. The van der Waals surface area contributed by atoms with E-state index in [0.29, 0.717) is 18.4 Å². The highest BCUT2D eigenvalue weighted by molar-refractivity contribution is 5.85. The number of methoxy groups -OCH3 is 1. The lowest BCUT2D eigenvalue weighted by atomic mass is 10.2. The Hall–Kier alpha value is -0.320. The minimum Gasteiger partial charge on any atom is -0.385 e. The van der Waals surface area contributed by atoms with Crippen molar-refractivity contribution in [2.24, 2.45) is 0 Å². The van der Waals surface area contributed by atoms with Crippen molar-refractivity contribution in [3.63, 3.8) is 0 Å². The number of hydrogen-bond acceptors (Lipinski definition) is 3. The number of piperazine rings is 1. The highest BCUT2D eigenvalue weighted by atomic mass is 35.5. The van der Waals surface area contributed by atoms with Crippen LogP contribution in [-0.2, 0) is 9.53 Å². The zero-order chi connectivity index (χ0) is 11.1. The summed E-state index contributed by atoms with van der Waals surface area (Å²) >= 11 is 0. The van der Waals surface area contributed by atoms with Crippen molar-refractivity contribution in [2.75, 3.05) is 33.4 Å². The first-order valence-electron chi connectivity index (χ1n) is 5.74. The van der Waals surface area contributed by atoms with Gasteiger partial charge in [0.2, 0.25) is 5.91 Å². The summed E-state index contributed by atoms with van der Waals surface area (Å²) in [7, 11) is 1.69. The van der Waals surface area contributed by atoms with Gasteiger partial charge < -0.3 is 15.0 Å². The molecule has 1 amide bonds. The van der Waals surface area contributed by atoms with Crippen LogP contribution in [0.4, 0.5) is 0 Å². The standard InChI is InChI=1S/C11H22N2O2.ClH/c1-10-9-13(7-6-12-10)11(14)5-3-4-8-15-2;/h10,12H,3-9H2,1-2H3;1H. The van der Waals surface area contributed by atoms with Crippen molar-refractivity contribution in [1.82, 2.24) is 10.2 Å². The minimum atomic E-state index is 0. The monoisotopic (exact) mass is 250 g/mol. The molecule has 0 aliphatic carbocycles. The lowest BCUT2D eigenvalue weighted by Crippen LogP contribution is -2.51. The molecule has 0 saturated carbocycles. The number of carbonyl (C=O) groups excluding carboxylic acids is 1. The second-order valence-electron chi connectivity index (χ2n) is 4.14. The average molecular weight is 251 g/mol. The topological polar surface area (TPSA) is 41.6 Å². The van der Waals surface area contributed by atoms with Crippen LogP contribution in [0.1, 0.15) is 26.2 Å². The van der Waals surface area contributed by atoms with E-state index >= 15 is 0 Å². The molecule has 16 heavy (non-hydrogen) atoms. The Morgan fingerprint density at radius 1 is 1.50 bits per heavy atom. The highest BCUT2D eigenvalue weighted by Gasteiger charge is 2.19. The third-order valence-corrected chi connectivity index (χ3v) is 2.71. The van der Waals surface area contributed by atoms with Crippen LogP contribution >= 0.6 is 12.4 Å². The van der Waals surface area contributed by atoms with Gasteiger partial charge in [-0.3, -0.25) is 4.79 Å². The predicted octanol–water partition coefficient (Wildman–Crippen LogP) is 1.05. The maximum atomic E-state index is 11.8. The molecule has 1 rings (SSSR count). The van der Waals surface area contributed by atoms with Gasteiger partial charge in [-0.05, 0) is 19.8 Å². The van der Waals surface area contributed by atoms with Crippen LogP contribution in [0.15, 0.2) is 0 Å². The summed E-state index contributed by atoms with van der Waals surface area (Å²) in [5.41, 5.74) is 0. The fraction of sp³-hybridized carbons (Fsp3) is 0.909. The van der Waals surface area contributed by atoms with E-state index in [4.69, 9.17) is 4.74 Å². The quantitative estimate of drug-likeness (QED) is 0.742. The minimum absolute atomic E-state index is 0. The second-order valence-corrected chi connectivity index (χ2v) is 4.14. The number of rotatable bonds is 5. The molecular weight excluding hydrogens is 228 g/mol. The van der Waals surface area contributed by atoms with Gasteiger partial charge >= 0.3 is 0 Å². The molecule has 0 radical (unpaired) electrons. The van der Waals surface area contributed by atoms with Crippen LogP contribution in [0, 0.1) is 0 Å². The number of nitrogens with zero attached hydrogens (tertiary/aromatic N) is 1. The summed E-state index contributed by atoms with van der Waals surface area (Å²) in [4.78, 5) is 13.7. The molecule has 5 heteroatoms. The number of unbranched alkanes of at least 4 members (excludes halogenated alkanes) is 1. The summed E-state index contributed by atoms with van der Waals surface area (Å²) in [6.07, 6.45) is 2.57. The fourth-order valence-corrected chi connectivity index (χ4v) is 1.84. The normalized spacial score (nSPS) is 20.4. The van der Waals surface area contributed by atoms with Gasteiger partial charge in [0.05, 0.1) is 0 Å². The molecular formula is C11H23ClN2O2. The van der Waals surface area contributed by atoms with Crippen LogP contribution in [0.2, 0.25) is 0 Å². The van der Waals surface area contributed by atoms with Gasteiger partial charge in [0, 0.05) is 45.8 Å². The van der Waals surface area contributed by atoms with E-state index in [2.05, 4.69) is 12.2 Å². The lowest BCUT2D eigenvalue weighted by molar-refractivity contribution is -0.132. The van der Waals surface area contributed by atoms with E-state index in [0.717, 1.165) is 39.1 Å². The number of hydrogen-bond donors (Lipinski definition) is 1. The van der Waals surface area contributed by atoms with E-state index in [9.17, 15) is 4.79 Å². The van der Waals surface area contributed by atoms with Gasteiger partial charge in [0.1, 0.15) is 0 Å². The van der Waals surface area contributed by atoms with E-state index in [1.807, 2.05) is 4.90 Å². The van der Waals surface area contributed by atoms with Gasteiger partial charge in [-0.1, -0.05) is 0 Å². The molecule has 1 heterocycles. The Bertz CT molecular complexity index is 202. The average Bonchev–Trinajstić information content (AvgIpc) is 2.24. The number of ether oxygens (including phenoxy) is 1. The largest absolute Gasteiger partial charge is 0.385 e. The molecule has 1 fully saturated rings. The number of carbonyl (C=O) groups is 1. The Kier molecular flexibility index (Phi) is 8.61. The van der Waals surface area contributed by atoms with Crippen LogP contribution in [0.5, 0.6) is 0 Å². The Morgan fingerprint density at radius 3 is 2.88 bits per heavy atom. The molecule has 0 aromatic heterocycles. The zero-order valence-electron chi connectivity index (χ0n) is 10.2. The lowest BCUT2D eigenvalue weighted by Gasteiger charge is -2.32. The third kappa shape index (κ3) is 5.68. The smallest absolute Gasteiger partial charge is 0.222 e.